The van der Waals surface area contributed by atoms with Gasteiger partial charge in [0.1, 0.15) is 0 Å². The Morgan fingerprint density at radius 2 is 1.89 bits per heavy atom. The SMILES string of the molecule is Clc1ccc(-c2nnc(Nc3ccccc3)o2)s1. The van der Waals surface area contributed by atoms with E-state index in [-0.39, 0.29) is 0 Å². The molecule has 2 heterocycles. The number of para-hydroxylation sites is 1. The van der Waals surface area contributed by atoms with Gasteiger partial charge in [0.05, 0.1) is 9.21 Å². The van der Waals surface area contributed by atoms with Crippen LogP contribution in [0, 0.1) is 0 Å². The van der Waals surface area contributed by atoms with Gasteiger partial charge >= 0.3 is 6.01 Å². The Morgan fingerprint density at radius 3 is 2.61 bits per heavy atom. The summed E-state index contributed by atoms with van der Waals surface area (Å²) >= 11 is 7.26. The molecule has 6 heteroatoms. The Labute approximate surface area is 112 Å². The highest BCUT2D eigenvalue weighted by molar-refractivity contribution is 7.19. The molecule has 90 valence electrons. The summed E-state index contributed by atoms with van der Waals surface area (Å²) in [4.78, 5) is 0.855. The van der Waals surface area contributed by atoms with E-state index in [1.807, 2.05) is 36.4 Å². The van der Waals surface area contributed by atoms with Crippen molar-refractivity contribution in [3.63, 3.8) is 0 Å². The molecule has 0 aliphatic heterocycles. The molecule has 0 radical (unpaired) electrons. The molecule has 0 atom stereocenters. The second-order valence-corrected chi connectivity index (χ2v) is 5.22. The van der Waals surface area contributed by atoms with E-state index in [9.17, 15) is 0 Å². The van der Waals surface area contributed by atoms with Crippen molar-refractivity contribution in [1.82, 2.24) is 10.2 Å². The second-order valence-electron chi connectivity index (χ2n) is 3.51. The third-order valence-electron chi connectivity index (χ3n) is 2.23. The summed E-state index contributed by atoms with van der Waals surface area (Å²) in [6, 6.07) is 13.7. The number of aromatic nitrogens is 2. The Bertz CT molecular complexity index is 650. The summed E-state index contributed by atoms with van der Waals surface area (Å²) in [5.74, 6) is 0.463. The molecule has 0 fully saturated rings. The zero-order valence-corrected chi connectivity index (χ0v) is 10.7. The third-order valence-corrected chi connectivity index (χ3v) is 3.45. The first-order valence-corrected chi connectivity index (χ1v) is 6.42. The van der Waals surface area contributed by atoms with Crippen molar-refractivity contribution in [3.8, 4) is 10.8 Å². The zero-order valence-electron chi connectivity index (χ0n) is 9.13. The van der Waals surface area contributed by atoms with Gasteiger partial charge in [0.2, 0.25) is 0 Å². The minimum absolute atomic E-state index is 0.362. The van der Waals surface area contributed by atoms with Crippen LogP contribution in [0.15, 0.2) is 46.9 Å². The first kappa shape index (κ1) is 11.3. The van der Waals surface area contributed by atoms with Crippen LogP contribution < -0.4 is 5.32 Å². The summed E-state index contributed by atoms with van der Waals surface area (Å²) in [6.45, 7) is 0. The summed E-state index contributed by atoms with van der Waals surface area (Å²) in [7, 11) is 0. The van der Waals surface area contributed by atoms with Crippen LogP contribution in [0.4, 0.5) is 11.7 Å². The lowest BCUT2D eigenvalue weighted by atomic mass is 10.3. The van der Waals surface area contributed by atoms with Gasteiger partial charge in [-0.05, 0) is 24.3 Å². The number of hydrogen-bond donors (Lipinski definition) is 1. The van der Waals surface area contributed by atoms with Gasteiger partial charge in [-0.15, -0.1) is 16.4 Å². The largest absolute Gasteiger partial charge is 0.402 e. The predicted molar refractivity (Wildman–Crippen MR) is 72.3 cm³/mol. The fraction of sp³-hybridized carbons (Fsp3) is 0. The van der Waals surface area contributed by atoms with Crippen LogP contribution in [-0.4, -0.2) is 10.2 Å². The first-order valence-electron chi connectivity index (χ1n) is 5.22. The maximum absolute atomic E-state index is 5.86. The quantitative estimate of drug-likeness (QED) is 0.780. The van der Waals surface area contributed by atoms with E-state index in [2.05, 4.69) is 15.5 Å². The number of rotatable bonds is 3. The van der Waals surface area contributed by atoms with Crippen LogP contribution in [0.1, 0.15) is 0 Å². The lowest BCUT2D eigenvalue weighted by molar-refractivity contribution is 0.589. The molecule has 0 aliphatic carbocycles. The van der Waals surface area contributed by atoms with Crippen molar-refractivity contribution >= 4 is 34.6 Å². The number of nitrogens with one attached hydrogen (secondary N) is 1. The molecule has 1 N–H and O–H groups in total. The topological polar surface area (TPSA) is 51.0 Å². The fourth-order valence-electron chi connectivity index (χ4n) is 1.45. The van der Waals surface area contributed by atoms with Gasteiger partial charge in [-0.3, -0.25) is 0 Å². The smallest absolute Gasteiger partial charge is 0.320 e. The third kappa shape index (κ3) is 2.37. The molecule has 3 aromatic rings. The van der Waals surface area contributed by atoms with Gasteiger partial charge in [0.15, 0.2) is 0 Å². The molecular formula is C12H8ClN3OS. The summed E-state index contributed by atoms with van der Waals surface area (Å²) in [5.41, 5.74) is 0.900. The van der Waals surface area contributed by atoms with Crippen LogP contribution in [0.5, 0.6) is 0 Å². The average Bonchev–Trinajstić information content (AvgIpc) is 2.99. The average molecular weight is 278 g/mol. The van der Waals surface area contributed by atoms with Crippen LogP contribution in [0.2, 0.25) is 4.34 Å². The molecule has 1 aromatic carbocycles. The van der Waals surface area contributed by atoms with Crippen LogP contribution in [-0.2, 0) is 0 Å². The molecular weight excluding hydrogens is 270 g/mol. The van der Waals surface area contributed by atoms with Gasteiger partial charge in [-0.2, -0.15) is 0 Å². The van der Waals surface area contributed by atoms with E-state index < -0.39 is 0 Å². The molecule has 3 rings (SSSR count). The van der Waals surface area contributed by atoms with Crippen molar-refractivity contribution in [2.75, 3.05) is 5.32 Å². The van der Waals surface area contributed by atoms with Crippen LogP contribution >= 0.6 is 22.9 Å². The number of hydrogen-bond acceptors (Lipinski definition) is 5. The molecule has 0 aliphatic rings. The summed E-state index contributed by atoms with van der Waals surface area (Å²) in [5, 5.41) is 10.9. The predicted octanol–water partition coefficient (Wildman–Crippen LogP) is 4.20. The van der Waals surface area contributed by atoms with Crippen molar-refractivity contribution in [2.24, 2.45) is 0 Å². The lowest BCUT2D eigenvalue weighted by Crippen LogP contribution is -1.88. The van der Waals surface area contributed by atoms with Crippen LogP contribution in [0.3, 0.4) is 0 Å². The number of thiophene rings is 1. The number of nitrogens with zero attached hydrogens (tertiary/aromatic N) is 2. The fourth-order valence-corrected chi connectivity index (χ4v) is 2.41. The normalized spacial score (nSPS) is 10.5. The molecule has 18 heavy (non-hydrogen) atoms. The molecule has 0 bridgehead atoms. The highest BCUT2D eigenvalue weighted by Crippen LogP contribution is 2.31. The highest BCUT2D eigenvalue weighted by atomic mass is 35.5. The van der Waals surface area contributed by atoms with Crippen molar-refractivity contribution in [3.05, 3.63) is 46.8 Å². The monoisotopic (exact) mass is 277 g/mol. The maximum Gasteiger partial charge on any atom is 0.320 e. The molecule has 0 amide bonds. The lowest BCUT2D eigenvalue weighted by Gasteiger charge is -1.98. The minimum atomic E-state index is 0.362. The van der Waals surface area contributed by atoms with E-state index in [0.29, 0.717) is 16.2 Å². The summed E-state index contributed by atoms with van der Waals surface area (Å²) < 4.78 is 6.20. The Kier molecular flexibility index (Phi) is 3.00. The van der Waals surface area contributed by atoms with E-state index in [1.54, 1.807) is 6.07 Å². The molecule has 2 aromatic heterocycles. The van der Waals surface area contributed by atoms with E-state index in [4.69, 9.17) is 16.0 Å². The van der Waals surface area contributed by atoms with Crippen molar-refractivity contribution in [1.29, 1.82) is 0 Å². The Morgan fingerprint density at radius 1 is 1.06 bits per heavy atom. The molecule has 0 saturated heterocycles. The molecule has 4 nitrogen and oxygen atoms in total. The second kappa shape index (κ2) is 4.80. The van der Waals surface area contributed by atoms with Crippen LogP contribution in [0.25, 0.3) is 10.8 Å². The summed E-state index contributed by atoms with van der Waals surface area (Å²) in [6.07, 6.45) is 0. The highest BCUT2D eigenvalue weighted by Gasteiger charge is 2.10. The number of benzene rings is 1. The van der Waals surface area contributed by atoms with Gasteiger partial charge < -0.3 is 9.73 Å². The number of halogens is 1. The van der Waals surface area contributed by atoms with E-state index in [1.165, 1.54) is 11.3 Å². The zero-order chi connectivity index (χ0) is 12.4. The minimum Gasteiger partial charge on any atom is -0.402 e. The molecule has 0 unspecified atom stereocenters. The van der Waals surface area contributed by atoms with Crippen molar-refractivity contribution < 1.29 is 4.42 Å². The first-order chi connectivity index (χ1) is 8.81. The van der Waals surface area contributed by atoms with Gasteiger partial charge in [0.25, 0.3) is 5.89 Å². The maximum atomic E-state index is 5.86. The van der Waals surface area contributed by atoms with Gasteiger partial charge in [0, 0.05) is 5.69 Å². The number of anilines is 2. The van der Waals surface area contributed by atoms with Gasteiger partial charge in [-0.1, -0.05) is 34.9 Å². The van der Waals surface area contributed by atoms with E-state index >= 15 is 0 Å². The molecule has 0 spiro atoms. The molecule has 0 saturated carbocycles. The van der Waals surface area contributed by atoms with E-state index in [0.717, 1.165) is 10.6 Å². The Hall–Kier alpha value is -1.85. The van der Waals surface area contributed by atoms with Crippen molar-refractivity contribution in [2.45, 2.75) is 0 Å². The standard InChI is InChI=1S/C12H8ClN3OS/c13-10-7-6-9(18-10)11-15-16-12(17-11)14-8-4-2-1-3-5-8/h1-7H,(H,14,16). The van der Waals surface area contributed by atoms with Gasteiger partial charge in [-0.25, -0.2) is 0 Å². The Balaban J connectivity index is 1.82.